The average Bonchev–Trinajstić information content (AvgIpc) is 2.86. The van der Waals surface area contributed by atoms with E-state index < -0.39 is 23.4 Å². The van der Waals surface area contributed by atoms with E-state index in [2.05, 4.69) is 32.4 Å². The van der Waals surface area contributed by atoms with Crippen molar-refractivity contribution in [1.82, 2.24) is 9.78 Å². The van der Waals surface area contributed by atoms with Gasteiger partial charge >= 0.3 is 12.1 Å². The molecule has 0 saturated carbocycles. The molecule has 4 nitrogen and oxygen atoms in total. The molecule has 0 fully saturated rings. The number of aromatic nitrogens is 2. The lowest BCUT2D eigenvalue weighted by Gasteiger charge is -2.05. The van der Waals surface area contributed by atoms with Crippen LogP contribution in [0.3, 0.4) is 0 Å². The fourth-order valence-electron chi connectivity index (χ4n) is 1.85. The second kappa shape index (κ2) is 6.67. The smallest absolute Gasteiger partial charge is 0.436 e. The Morgan fingerprint density at radius 2 is 1.95 bits per heavy atom. The molecule has 22 heavy (non-hydrogen) atoms. The van der Waals surface area contributed by atoms with Gasteiger partial charge in [-0.3, -0.25) is 4.68 Å². The van der Waals surface area contributed by atoms with Crippen LogP contribution in [-0.4, -0.2) is 22.4 Å². The maximum atomic E-state index is 13.0. The highest BCUT2D eigenvalue weighted by Crippen LogP contribution is 2.31. The van der Waals surface area contributed by atoms with E-state index in [1.54, 1.807) is 12.1 Å². The summed E-state index contributed by atoms with van der Waals surface area (Å²) in [5, 5.41) is 3.49. The van der Waals surface area contributed by atoms with Gasteiger partial charge in [0.2, 0.25) is 0 Å². The van der Waals surface area contributed by atoms with Gasteiger partial charge in [0.1, 0.15) is 5.56 Å². The molecule has 1 aromatic heterocycles. The summed E-state index contributed by atoms with van der Waals surface area (Å²) in [6, 6.07) is 7.27. The Hall–Kier alpha value is -1.58. The normalized spacial score (nSPS) is 11.5. The average molecular weight is 424 g/mol. The number of carbonyl (C=O) groups is 1. The number of hydrogen-bond donors (Lipinski definition) is 0. The van der Waals surface area contributed by atoms with Crippen molar-refractivity contribution in [2.24, 2.45) is 0 Å². The molecule has 0 saturated heterocycles. The first-order valence-electron chi connectivity index (χ1n) is 6.37. The van der Waals surface area contributed by atoms with E-state index in [1.165, 1.54) is 6.92 Å². The Labute approximate surface area is 138 Å². The number of ether oxygens (including phenoxy) is 1. The van der Waals surface area contributed by atoms with Crippen molar-refractivity contribution in [3.8, 4) is 0 Å². The number of benzene rings is 1. The van der Waals surface area contributed by atoms with Crippen LogP contribution < -0.4 is 0 Å². The molecule has 0 amide bonds. The van der Waals surface area contributed by atoms with Gasteiger partial charge in [0.25, 0.3) is 0 Å². The maximum absolute atomic E-state index is 13.0. The highest BCUT2D eigenvalue weighted by atomic mass is 127. The van der Waals surface area contributed by atoms with Gasteiger partial charge in [-0.2, -0.15) is 18.3 Å². The van der Waals surface area contributed by atoms with Gasteiger partial charge in [0, 0.05) is 9.77 Å². The molecule has 0 aliphatic carbocycles. The van der Waals surface area contributed by atoms with Gasteiger partial charge in [-0.05, 0) is 47.2 Å². The van der Waals surface area contributed by atoms with Crippen LogP contribution in [0.15, 0.2) is 30.5 Å². The molecule has 0 spiro atoms. The van der Waals surface area contributed by atoms with Crippen LogP contribution >= 0.6 is 22.6 Å². The fourth-order valence-corrected chi connectivity index (χ4v) is 2.21. The van der Waals surface area contributed by atoms with Gasteiger partial charge in [0.15, 0.2) is 5.69 Å². The second-order valence-corrected chi connectivity index (χ2v) is 5.68. The molecule has 0 unspecified atom stereocenters. The molecule has 0 aliphatic heterocycles. The summed E-state index contributed by atoms with van der Waals surface area (Å²) in [6.45, 7) is 1.67. The Balaban J connectivity index is 2.33. The third-order valence-corrected chi connectivity index (χ3v) is 3.50. The topological polar surface area (TPSA) is 44.1 Å². The minimum absolute atomic E-state index is 0.00155. The highest BCUT2D eigenvalue weighted by molar-refractivity contribution is 14.1. The zero-order chi connectivity index (χ0) is 16.3. The summed E-state index contributed by atoms with van der Waals surface area (Å²) in [4.78, 5) is 11.6. The molecule has 0 radical (unpaired) electrons. The predicted molar refractivity (Wildman–Crippen MR) is 81.4 cm³/mol. The minimum atomic E-state index is -4.71. The van der Waals surface area contributed by atoms with E-state index in [4.69, 9.17) is 0 Å². The van der Waals surface area contributed by atoms with E-state index in [0.29, 0.717) is 0 Å². The van der Waals surface area contributed by atoms with Gasteiger partial charge in [-0.25, -0.2) is 4.79 Å². The van der Waals surface area contributed by atoms with Crippen LogP contribution in [0, 0.1) is 3.57 Å². The quantitative estimate of drug-likeness (QED) is 0.555. The Kier molecular flexibility index (Phi) is 5.09. The first-order valence-corrected chi connectivity index (χ1v) is 7.45. The van der Waals surface area contributed by atoms with E-state index in [-0.39, 0.29) is 13.2 Å². The number of alkyl halides is 3. The Morgan fingerprint density at radius 3 is 2.50 bits per heavy atom. The van der Waals surface area contributed by atoms with E-state index >= 15 is 0 Å². The lowest BCUT2D eigenvalue weighted by Crippen LogP contribution is -2.14. The number of nitrogens with zero attached hydrogens (tertiary/aromatic N) is 2. The third-order valence-electron chi connectivity index (χ3n) is 2.78. The summed E-state index contributed by atoms with van der Waals surface area (Å²) in [6.07, 6.45) is -3.64. The van der Waals surface area contributed by atoms with E-state index in [1.807, 2.05) is 12.1 Å². The molecule has 0 N–H and O–H groups in total. The monoisotopic (exact) mass is 424 g/mol. The number of carbonyl (C=O) groups excluding carboxylic acids is 1. The number of halogens is 4. The van der Waals surface area contributed by atoms with Crippen molar-refractivity contribution in [3.63, 3.8) is 0 Å². The highest BCUT2D eigenvalue weighted by Gasteiger charge is 2.39. The van der Waals surface area contributed by atoms with E-state index in [9.17, 15) is 18.0 Å². The molecule has 1 heterocycles. The first-order chi connectivity index (χ1) is 10.3. The number of esters is 1. The van der Waals surface area contributed by atoms with Crippen molar-refractivity contribution in [1.29, 1.82) is 0 Å². The van der Waals surface area contributed by atoms with Crippen LogP contribution in [0.2, 0.25) is 0 Å². The van der Waals surface area contributed by atoms with Crippen LogP contribution in [0.25, 0.3) is 0 Å². The molecule has 118 valence electrons. The lowest BCUT2D eigenvalue weighted by molar-refractivity contribution is -0.142. The van der Waals surface area contributed by atoms with Gasteiger partial charge in [-0.15, -0.1) is 0 Å². The summed E-state index contributed by atoms with van der Waals surface area (Å²) >= 11 is 2.13. The van der Waals surface area contributed by atoms with Gasteiger partial charge < -0.3 is 4.74 Å². The van der Waals surface area contributed by atoms with Crippen molar-refractivity contribution < 1.29 is 22.7 Å². The molecular formula is C14H12F3IN2O2. The Morgan fingerprint density at radius 1 is 1.32 bits per heavy atom. The van der Waals surface area contributed by atoms with Crippen molar-refractivity contribution in [3.05, 3.63) is 50.9 Å². The SMILES string of the molecule is CCOC(=O)c1cn(Cc2ccc(I)cc2)nc1C(F)(F)F. The largest absolute Gasteiger partial charge is 0.462 e. The predicted octanol–water partition coefficient (Wildman–Crippen LogP) is 3.73. The van der Waals surface area contributed by atoms with Crippen LogP contribution in [0.5, 0.6) is 0 Å². The number of rotatable bonds is 4. The van der Waals surface area contributed by atoms with Gasteiger partial charge in [-0.1, -0.05) is 12.1 Å². The Bertz CT molecular complexity index is 666. The van der Waals surface area contributed by atoms with E-state index in [0.717, 1.165) is 20.0 Å². The third kappa shape index (κ3) is 3.99. The molecule has 0 bridgehead atoms. The minimum Gasteiger partial charge on any atom is -0.462 e. The standard InChI is InChI=1S/C14H12F3IN2O2/c1-2-22-13(21)11-8-20(19-12(11)14(15,16)17)7-9-3-5-10(18)6-4-9/h3-6,8H,2,7H2,1H3. The fraction of sp³-hybridized carbons (Fsp3) is 0.286. The summed E-state index contributed by atoms with van der Waals surface area (Å²) in [5.74, 6) is -1.02. The molecular weight excluding hydrogens is 412 g/mol. The molecule has 0 aliphatic rings. The van der Waals surface area contributed by atoms with Crippen LogP contribution in [0.1, 0.15) is 28.5 Å². The van der Waals surface area contributed by atoms with Crippen LogP contribution in [0.4, 0.5) is 13.2 Å². The molecule has 2 aromatic rings. The molecule has 2 rings (SSSR count). The summed E-state index contributed by atoms with van der Waals surface area (Å²) < 4.78 is 45.7. The van der Waals surface area contributed by atoms with Gasteiger partial charge in [0.05, 0.1) is 13.2 Å². The molecule has 8 heteroatoms. The van der Waals surface area contributed by atoms with Crippen LogP contribution in [-0.2, 0) is 17.5 Å². The summed E-state index contributed by atoms with van der Waals surface area (Å²) in [5.41, 5.74) is -1.01. The van der Waals surface area contributed by atoms with Crippen molar-refractivity contribution in [2.45, 2.75) is 19.6 Å². The first kappa shape index (κ1) is 16.8. The van der Waals surface area contributed by atoms with Crippen molar-refractivity contribution in [2.75, 3.05) is 6.61 Å². The van der Waals surface area contributed by atoms with Crippen molar-refractivity contribution >= 4 is 28.6 Å². The molecule has 0 atom stereocenters. The zero-order valence-corrected chi connectivity index (χ0v) is 13.7. The second-order valence-electron chi connectivity index (χ2n) is 4.43. The summed E-state index contributed by atoms with van der Waals surface area (Å²) in [7, 11) is 0. The number of hydrogen-bond acceptors (Lipinski definition) is 3. The zero-order valence-electron chi connectivity index (χ0n) is 11.5. The maximum Gasteiger partial charge on any atom is 0.436 e. The lowest BCUT2D eigenvalue weighted by atomic mass is 10.2. The molecule has 1 aromatic carbocycles.